The number of hydrogen-bond acceptors (Lipinski definition) is 3. The van der Waals surface area contributed by atoms with E-state index in [1.807, 2.05) is 43.7 Å². The molecule has 2 aromatic rings. The van der Waals surface area contributed by atoms with Gasteiger partial charge in [0.05, 0.1) is 11.2 Å². The highest BCUT2D eigenvalue weighted by Crippen LogP contribution is 2.22. The first-order valence-corrected chi connectivity index (χ1v) is 6.64. The van der Waals surface area contributed by atoms with Crippen LogP contribution in [0.25, 0.3) is 0 Å². The number of benzene rings is 1. The zero-order valence-electron chi connectivity index (χ0n) is 11.1. The summed E-state index contributed by atoms with van der Waals surface area (Å²) in [5.74, 6) is 0.722. The Morgan fingerprint density at radius 3 is 2.89 bits per heavy atom. The van der Waals surface area contributed by atoms with E-state index in [0.29, 0.717) is 11.6 Å². The van der Waals surface area contributed by atoms with Gasteiger partial charge in [0.15, 0.2) is 0 Å². The lowest BCUT2D eigenvalue weighted by molar-refractivity contribution is 0.308. The zero-order valence-corrected chi connectivity index (χ0v) is 11.9. The number of nitrogens with zero attached hydrogens (tertiary/aromatic N) is 2. The monoisotopic (exact) mass is 279 g/mol. The lowest BCUT2D eigenvalue weighted by Gasteiger charge is -2.13. The molecule has 2 rings (SSSR count). The summed E-state index contributed by atoms with van der Waals surface area (Å²) >= 11 is 6.01. The van der Waals surface area contributed by atoms with Gasteiger partial charge >= 0.3 is 0 Å². The second-order valence-electron chi connectivity index (χ2n) is 4.40. The van der Waals surface area contributed by atoms with E-state index in [9.17, 15) is 0 Å². The summed E-state index contributed by atoms with van der Waals surface area (Å²) in [5, 5.41) is 8.18. The largest absolute Gasteiger partial charge is 0.491 e. The van der Waals surface area contributed by atoms with Crippen LogP contribution < -0.4 is 10.1 Å². The minimum Gasteiger partial charge on any atom is -0.491 e. The van der Waals surface area contributed by atoms with Crippen molar-refractivity contribution in [3.05, 3.63) is 47.2 Å². The molecule has 0 aliphatic heterocycles. The molecular formula is C14H18ClN3O. The van der Waals surface area contributed by atoms with Gasteiger partial charge in [-0.1, -0.05) is 23.7 Å². The van der Waals surface area contributed by atoms with Crippen LogP contribution in [0.5, 0.6) is 5.75 Å². The van der Waals surface area contributed by atoms with Gasteiger partial charge in [0.25, 0.3) is 0 Å². The van der Waals surface area contributed by atoms with Crippen molar-refractivity contribution < 1.29 is 4.74 Å². The lowest BCUT2D eigenvalue weighted by atomic mass is 10.2. The maximum Gasteiger partial charge on any atom is 0.137 e. The standard InChI is InChI=1S/C14H18ClN3O/c1-11(12-9-17-18(2)10-12)16-7-8-19-14-6-4-3-5-13(14)15/h3-6,9-11,16H,7-8H2,1-2H3/t11-/m1/s1. The number of para-hydroxylation sites is 1. The summed E-state index contributed by atoms with van der Waals surface area (Å²) in [7, 11) is 1.91. The molecule has 0 aliphatic carbocycles. The van der Waals surface area contributed by atoms with Crippen LogP contribution in [0.15, 0.2) is 36.7 Å². The quantitative estimate of drug-likeness (QED) is 0.827. The highest BCUT2D eigenvalue weighted by molar-refractivity contribution is 6.32. The first-order valence-electron chi connectivity index (χ1n) is 6.26. The average molecular weight is 280 g/mol. The van der Waals surface area contributed by atoms with Gasteiger partial charge in [0.1, 0.15) is 12.4 Å². The summed E-state index contributed by atoms with van der Waals surface area (Å²) in [4.78, 5) is 0. The fourth-order valence-electron chi connectivity index (χ4n) is 1.78. The van der Waals surface area contributed by atoms with E-state index in [2.05, 4.69) is 17.3 Å². The number of nitrogens with one attached hydrogen (secondary N) is 1. The molecule has 1 aromatic heterocycles. The predicted octanol–water partition coefficient (Wildman–Crippen LogP) is 2.80. The number of aryl methyl sites for hydroxylation is 1. The minimum atomic E-state index is 0.253. The summed E-state index contributed by atoms with van der Waals surface area (Å²) in [6.45, 7) is 3.43. The molecule has 1 N–H and O–H groups in total. The summed E-state index contributed by atoms with van der Waals surface area (Å²) < 4.78 is 7.41. The Balaban J connectivity index is 1.74. The highest BCUT2D eigenvalue weighted by Gasteiger charge is 2.06. The number of aromatic nitrogens is 2. The lowest BCUT2D eigenvalue weighted by Crippen LogP contribution is -2.24. The number of hydrogen-bond donors (Lipinski definition) is 1. The van der Waals surface area contributed by atoms with Crippen LogP contribution in [-0.4, -0.2) is 22.9 Å². The van der Waals surface area contributed by atoms with E-state index in [1.54, 1.807) is 4.68 Å². The van der Waals surface area contributed by atoms with Gasteiger partial charge in [-0.2, -0.15) is 5.10 Å². The van der Waals surface area contributed by atoms with Gasteiger partial charge in [-0.15, -0.1) is 0 Å². The Labute approximate surface area is 118 Å². The number of rotatable bonds is 6. The summed E-state index contributed by atoms with van der Waals surface area (Å²) in [5.41, 5.74) is 1.17. The van der Waals surface area contributed by atoms with E-state index >= 15 is 0 Å². The van der Waals surface area contributed by atoms with Gasteiger partial charge in [-0.3, -0.25) is 4.68 Å². The van der Waals surface area contributed by atoms with E-state index in [4.69, 9.17) is 16.3 Å². The third kappa shape index (κ3) is 3.98. The minimum absolute atomic E-state index is 0.253. The molecule has 4 nitrogen and oxygen atoms in total. The fourth-order valence-corrected chi connectivity index (χ4v) is 1.97. The molecule has 0 amide bonds. The Morgan fingerprint density at radius 1 is 1.42 bits per heavy atom. The van der Waals surface area contributed by atoms with Crippen LogP contribution in [0.4, 0.5) is 0 Å². The molecule has 0 spiro atoms. The van der Waals surface area contributed by atoms with Crippen molar-refractivity contribution in [2.45, 2.75) is 13.0 Å². The van der Waals surface area contributed by atoms with Gasteiger partial charge in [-0.25, -0.2) is 0 Å². The van der Waals surface area contributed by atoms with Gasteiger partial charge in [0.2, 0.25) is 0 Å². The number of halogens is 1. The molecule has 0 aliphatic rings. The van der Waals surface area contributed by atoms with Crippen molar-refractivity contribution in [1.29, 1.82) is 0 Å². The molecule has 0 radical (unpaired) electrons. The van der Waals surface area contributed by atoms with Crippen molar-refractivity contribution in [1.82, 2.24) is 15.1 Å². The highest BCUT2D eigenvalue weighted by atomic mass is 35.5. The second kappa shape index (κ2) is 6.59. The van der Waals surface area contributed by atoms with E-state index < -0.39 is 0 Å². The van der Waals surface area contributed by atoms with Gasteiger partial charge < -0.3 is 10.1 Å². The van der Waals surface area contributed by atoms with Crippen molar-refractivity contribution >= 4 is 11.6 Å². The molecule has 102 valence electrons. The Bertz CT molecular complexity index is 527. The molecule has 0 unspecified atom stereocenters. The van der Waals surface area contributed by atoms with Crippen molar-refractivity contribution in [3.8, 4) is 5.75 Å². The van der Waals surface area contributed by atoms with Gasteiger partial charge in [0, 0.05) is 31.4 Å². The van der Waals surface area contributed by atoms with E-state index in [-0.39, 0.29) is 6.04 Å². The maximum absolute atomic E-state index is 6.01. The molecule has 0 saturated heterocycles. The SMILES string of the molecule is C[C@@H](NCCOc1ccccc1Cl)c1cnn(C)c1. The second-order valence-corrected chi connectivity index (χ2v) is 4.81. The van der Waals surface area contributed by atoms with Crippen molar-refractivity contribution in [3.63, 3.8) is 0 Å². The van der Waals surface area contributed by atoms with Crippen LogP contribution in [0, 0.1) is 0 Å². The smallest absolute Gasteiger partial charge is 0.137 e. The first-order chi connectivity index (χ1) is 9.16. The van der Waals surface area contributed by atoms with Crippen LogP contribution in [0.1, 0.15) is 18.5 Å². The van der Waals surface area contributed by atoms with Crippen LogP contribution >= 0.6 is 11.6 Å². The molecule has 0 saturated carbocycles. The average Bonchev–Trinajstić information content (AvgIpc) is 2.83. The van der Waals surface area contributed by atoms with Crippen LogP contribution in [0.2, 0.25) is 5.02 Å². The van der Waals surface area contributed by atoms with Crippen molar-refractivity contribution in [2.75, 3.05) is 13.2 Å². The molecular weight excluding hydrogens is 262 g/mol. The Hall–Kier alpha value is -1.52. The Kier molecular flexibility index (Phi) is 4.82. The molecule has 1 aromatic carbocycles. The van der Waals surface area contributed by atoms with Crippen molar-refractivity contribution in [2.24, 2.45) is 7.05 Å². The fraction of sp³-hybridized carbons (Fsp3) is 0.357. The van der Waals surface area contributed by atoms with Crippen LogP contribution in [-0.2, 0) is 7.05 Å². The summed E-state index contributed by atoms with van der Waals surface area (Å²) in [6, 6.07) is 7.74. The summed E-state index contributed by atoms with van der Waals surface area (Å²) in [6.07, 6.45) is 3.87. The molecule has 5 heteroatoms. The molecule has 1 atom stereocenters. The first kappa shape index (κ1) is 13.9. The maximum atomic E-state index is 6.01. The molecule has 19 heavy (non-hydrogen) atoms. The Morgan fingerprint density at radius 2 is 2.21 bits per heavy atom. The third-order valence-electron chi connectivity index (χ3n) is 2.87. The topological polar surface area (TPSA) is 39.1 Å². The van der Waals surface area contributed by atoms with E-state index in [1.165, 1.54) is 5.56 Å². The normalized spacial score (nSPS) is 12.4. The van der Waals surface area contributed by atoms with E-state index in [0.717, 1.165) is 12.3 Å². The predicted molar refractivity (Wildman–Crippen MR) is 76.6 cm³/mol. The molecule has 0 bridgehead atoms. The number of ether oxygens (including phenoxy) is 1. The molecule has 0 fully saturated rings. The zero-order chi connectivity index (χ0) is 13.7. The van der Waals surface area contributed by atoms with Gasteiger partial charge in [-0.05, 0) is 19.1 Å². The van der Waals surface area contributed by atoms with Crippen LogP contribution in [0.3, 0.4) is 0 Å². The molecule has 1 heterocycles. The third-order valence-corrected chi connectivity index (χ3v) is 3.18.